The topological polar surface area (TPSA) is 135 Å². The number of ether oxygens (including phenoxy) is 2. The van der Waals surface area contributed by atoms with Crippen molar-refractivity contribution in [1.29, 1.82) is 0 Å². The molecule has 10 nitrogen and oxygen atoms in total. The minimum atomic E-state index is -1.18. The van der Waals surface area contributed by atoms with Crippen LogP contribution in [0.25, 0.3) is 17.4 Å². The summed E-state index contributed by atoms with van der Waals surface area (Å²) in [7, 11) is 0. The molecule has 0 unspecified atom stereocenters. The van der Waals surface area contributed by atoms with Crippen LogP contribution in [0.15, 0.2) is 57.9 Å². The summed E-state index contributed by atoms with van der Waals surface area (Å²) in [6.07, 6.45) is 1.39. The molecule has 1 fully saturated rings. The van der Waals surface area contributed by atoms with Crippen molar-refractivity contribution in [3.05, 3.63) is 69.8 Å². The summed E-state index contributed by atoms with van der Waals surface area (Å²) in [6, 6.07) is 12.4. The summed E-state index contributed by atoms with van der Waals surface area (Å²) >= 11 is 6.59. The molecule has 2 N–H and O–H groups in total. The van der Waals surface area contributed by atoms with Gasteiger partial charge in [-0.25, -0.2) is 4.79 Å². The van der Waals surface area contributed by atoms with Crippen LogP contribution in [0.3, 0.4) is 0 Å². The van der Waals surface area contributed by atoms with E-state index in [0.717, 1.165) is 4.90 Å². The lowest BCUT2D eigenvalue weighted by Gasteiger charge is -2.12. The third-order valence-electron chi connectivity index (χ3n) is 5.21. The first kappa shape index (κ1) is 23.5. The van der Waals surface area contributed by atoms with Crippen molar-refractivity contribution in [3.63, 3.8) is 0 Å². The highest BCUT2D eigenvalue weighted by molar-refractivity contribution is 8.18. The van der Waals surface area contributed by atoms with Gasteiger partial charge in [0.25, 0.3) is 11.1 Å². The number of furan rings is 1. The van der Waals surface area contributed by atoms with Gasteiger partial charge in [0.1, 0.15) is 18.1 Å². The molecule has 3 heterocycles. The number of imide groups is 1. The van der Waals surface area contributed by atoms with Crippen LogP contribution in [0.4, 0.5) is 10.5 Å². The van der Waals surface area contributed by atoms with E-state index in [1.807, 2.05) is 0 Å². The number of thioether (sulfide) groups is 1. The summed E-state index contributed by atoms with van der Waals surface area (Å²) in [6.45, 7) is -0.376. The third-order valence-corrected chi connectivity index (χ3v) is 6.45. The minimum absolute atomic E-state index is 0.0766. The number of hydrogen-bond donors (Lipinski definition) is 2. The van der Waals surface area contributed by atoms with E-state index in [-0.39, 0.29) is 28.0 Å². The quantitative estimate of drug-likeness (QED) is 0.438. The molecule has 12 heteroatoms. The average molecular weight is 527 g/mol. The van der Waals surface area contributed by atoms with Crippen molar-refractivity contribution in [1.82, 2.24) is 4.90 Å². The number of rotatable bonds is 6. The number of anilines is 1. The molecule has 0 atom stereocenters. The second-order valence-corrected chi connectivity index (χ2v) is 8.99. The number of fused-ring (bicyclic) bond motifs is 1. The fourth-order valence-electron chi connectivity index (χ4n) is 3.51. The normalized spacial score (nSPS) is 15.6. The Hall–Kier alpha value is -4.22. The third kappa shape index (κ3) is 4.66. The molecular weight excluding hydrogens is 512 g/mol. The van der Waals surface area contributed by atoms with Gasteiger partial charge < -0.3 is 24.3 Å². The van der Waals surface area contributed by atoms with Gasteiger partial charge in [0, 0.05) is 23.4 Å². The lowest BCUT2D eigenvalue weighted by Crippen LogP contribution is -2.36. The number of carboxylic acid groups (broad SMARTS) is 1. The Balaban J connectivity index is 1.27. The zero-order valence-corrected chi connectivity index (χ0v) is 19.7. The molecule has 182 valence electrons. The Bertz CT molecular complexity index is 1460. The van der Waals surface area contributed by atoms with Crippen molar-refractivity contribution in [2.45, 2.75) is 0 Å². The highest BCUT2D eigenvalue weighted by Crippen LogP contribution is 2.35. The standard InChI is InChI=1S/C24H15ClN2O8S/c25-16-4-1-12(7-15(16)23(30)31)17-6-3-14(35-17)9-20-22(29)27(24(32)36-20)10-21(28)26-13-2-5-18-19(8-13)34-11-33-18/h1-9H,10-11H2,(H,26,28)(H,30,31)/b20-9-. The molecule has 5 rings (SSSR count). The Labute approximate surface area is 212 Å². The molecule has 2 aliphatic heterocycles. The van der Waals surface area contributed by atoms with Crippen LogP contribution in [-0.2, 0) is 9.59 Å². The molecule has 36 heavy (non-hydrogen) atoms. The van der Waals surface area contributed by atoms with Crippen LogP contribution < -0.4 is 14.8 Å². The van der Waals surface area contributed by atoms with Gasteiger partial charge in [-0.3, -0.25) is 19.3 Å². The molecule has 0 spiro atoms. The number of aromatic carboxylic acids is 1. The lowest BCUT2D eigenvalue weighted by atomic mass is 10.1. The molecule has 3 amide bonds. The van der Waals surface area contributed by atoms with Gasteiger partial charge in [-0.1, -0.05) is 11.6 Å². The maximum Gasteiger partial charge on any atom is 0.337 e. The first-order chi connectivity index (χ1) is 17.3. The lowest BCUT2D eigenvalue weighted by molar-refractivity contribution is -0.127. The second kappa shape index (κ2) is 9.44. The number of hydrogen-bond acceptors (Lipinski definition) is 8. The van der Waals surface area contributed by atoms with Crippen molar-refractivity contribution < 1.29 is 38.2 Å². The molecule has 0 bridgehead atoms. The predicted molar refractivity (Wildman–Crippen MR) is 130 cm³/mol. The van der Waals surface area contributed by atoms with E-state index in [2.05, 4.69) is 5.32 Å². The van der Waals surface area contributed by atoms with E-state index in [4.69, 9.17) is 25.5 Å². The summed E-state index contributed by atoms with van der Waals surface area (Å²) in [5.74, 6) is -0.709. The predicted octanol–water partition coefficient (Wildman–Crippen LogP) is 4.70. The van der Waals surface area contributed by atoms with E-state index < -0.39 is 29.6 Å². The smallest absolute Gasteiger partial charge is 0.337 e. The minimum Gasteiger partial charge on any atom is -0.478 e. The van der Waals surface area contributed by atoms with Gasteiger partial charge in [-0.15, -0.1) is 0 Å². The van der Waals surface area contributed by atoms with Crippen LogP contribution in [0, 0.1) is 0 Å². The van der Waals surface area contributed by atoms with Gasteiger partial charge >= 0.3 is 5.97 Å². The van der Waals surface area contributed by atoms with Crippen molar-refractivity contribution in [2.75, 3.05) is 18.7 Å². The molecule has 1 saturated heterocycles. The number of halogens is 1. The second-order valence-electron chi connectivity index (χ2n) is 7.59. The largest absolute Gasteiger partial charge is 0.478 e. The van der Waals surface area contributed by atoms with Crippen molar-refractivity contribution in [3.8, 4) is 22.8 Å². The van der Waals surface area contributed by atoms with Crippen LogP contribution in [0.1, 0.15) is 16.1 Å². The van der Waals surface area contributed by atoms with Gasteiger partial charge in [0.15, 0.2) is 11.5 Å². The first-order valence-electron chi connectivity index (χ1n) is 10.4. The molecule has 0 saturated carbocycles. The number of carbonyl (C=O) groups is 4. The van der Waals surface area contributed by atoms with E-state index in [1.54, 1.807) is 36.4 Å². The number of amides is 3. The highest BCUT2D eigenvalue weighted by Gasteiger charge is 2.36. The zero-order chi connectivity index (χ0) is 25.4. The van der Waals surface area contributed by atoms with E-state index >= 15 is 0 Å². The number of nitrogens with one attached hydrogen (secondary N) is 1. The van der Waals surface area contributed by atoms with Gasteiger partial charge in [0.2, 0.25) is 12.7 Å². The van der Waals surface area contributed by atoms with Gasteiger partial charge in [0.05, 0.1) is 15.5 Å². The molecule has 0 radical (unpaired) electrons. The van der Waals surface area contributed by atoms with Crippen molar-refractivity contribution >= 4 is 58.1 Å². The molecule has 2 aliphatic rings. The summed E-state index contributed by atoms with van der Waals surface area (Å²) in [4.78, 5) is 49.9. The van der Waals surface area contributed by atoms with Crippen LogP contribution in [0.2, 0.25) is 5.02 Å². The zero-order valence-electron chi connectivity index (χ0n) is 18.1. The summed E-state index contributed by atoms with van der Waals surface area (Å²) in [5.41, 5.74) is 0.833. The van der Waals surface area contributed by atoms with E-state index in [0.29, 0.717) is 40.3 Å². The number of nitrogens with zero attached hydrogens (tertiary/aromatic N) is 1. The summed E-state index contributed by atoms with van der Waals surface area (Å²) in [5, 5.41) is 11.4. The molecule has 3 aromatic rings. The first-order valence-corrected chi connectivity index (χ1v) is 11.6. The monoisotopic (exact) mass is 526 g/mol. The van der Waals surface area contributed by atoms with Gasteiger partial charge in [-0.2, -0.15) is 0 Å². The molecular formula is C24H15ClN2O8S. The Morgan fingerprint density at radius 3 is 2.69 bits per heavy atom. The molecule has 2 aromatic carbocycles. The fraction of sp³-hybridized carbons (Fsp3) is 0.0833. The van der Waals surface area contributed by atoms with Gasteiger partial charge in [-0.05, 0) is 54.2 Å². The Morgan fingerprint density at radius 1 is 1.08 bits per heavy atom. The van der Waals surface area contributed by atoms with Crippen LogP contribution >= 0.6 is 23.4 Å². The van der Waals surface area contributed by atoms with Crippen molar-refractivity contribution in [2.24, 2.45) is 0 Å². The average Bonchev–Trinajstić information content (AvgIpc) is 3.56. The van der Waals surface area contributed by atoms with Crippen LogP contribution in [-0.4, -0.2) is 46.4 Å². The fourth-order valence-corrected chi connectivity index (χ4v) is 4.53. The maximum absolute atomic E-state index is 12.8. The van der Waals surface area contributed by atoms with E-state index in [9.17, 15) is 24.3 Å². The Kier molecular flexibility index (Phi) is 6.17. The SMILES string of the molecule is O=C(CN1C(=O)S/C(=C\c2ccc(-c3ccc(Cl)c(C(=O)O)c3)o2)C1=O)Nc1ccc2c(c1)OCO2. The molecule has 0 aliphatic carbocycles. The van der Waals surface area contributed by atoms with E-state index in [1.165, 1.54) is 18.2 Å². The summed E-state index contributed by atoms with van der Waals surface area (Å²) < 4.78 is 16.2. The number of benzene rings is 2. The number of carboxylic acids is 1. The van der Waals surface area contributed by atoms with Crippen LogP contribution in [0.5, 0.6) is 11.5 Å². The number of carbonyl (C=O) groups excluding carboxylic acids is 3. The Morgan fingerprint density at radius 2 is 1.89 bits per heavy atom. The molecule has 1 aromatic heterocycles. The highest BCUT2D eigenvalue weighted by atomic mass is 35.5. The maximum atomic E-state index is 12.8.